The molecule has 7 amide bonds. The third-order valence-corrected chi connectivity index (χ3v) is 23.4. The number of likely N-dealkylation sites (tertiary alicyclic amines) is 6. The van der Waals surface area contributed by atoms with Crippen molar-refractivity contribution in [3.63, 3.8) is 0 Å². The number of carbonyl (C=O) groups is 6. The van der Waals surface area contributed by atoms with Gasteiger partial charge in [0.25, 0.3) is 0 Å². The van der Waals surface area contributed by atoms with E-state index in [0.29, 0.717) is 64.4 Å². The molecular formula is C74H100F4N10O10. The fraction of sp³-hybridized carbons (Fsp3) is 0.649. The monoisotopic (exact) mass is 1360 g/mol. The number of alkyl halides is 3. The quantitative estimate of drug-likeness (QED) is 0.162. The molecule has 14 rings (SSSR count). The van der Waals surface area contributed by atoms with Crippen LogP contribution >= 0.6 is 0 Å². The molecule has 20 nitrogen and oxygen atoms in total. The summed E-state index contributed by atoms with van der Waals surface area (Å²) in [7, 11) is 3.40. The number of benzene rings is 3. The van der Waals surface area contributed by atoms with Crippen LogP contribution in [0.1, 0.15) is 146 Å². The number of amides is 7. The molecule has 98 heavy (non-hydrogen) atoms. The lowest BCUT2D eigenvalue weighted by Crippen LogP contribution is -2.53. The Labute approximate surface area is 574 Å². The normalized spacial score (nSPS) is 23.4. The van der Waals surface area contributed by atoms with Gasteiger partial charge in [0.1, 0.15) is 11.9 Å². The molecule has 534 valence electrons. The molecule has 7 fully saturated rings. The van der Waals surface area contributed by atoms with Crippen LogP contribution in [0, 0.1) is 5.82 Å². The largest absolute Gasteiger partial charge is 0.450 e. The molecule has 1 aliphatic carbocycles. The summed E-state index contributed by atoms with van der Waals surface area (Å²) >= 11 is 0. The van der Waals surface area contributed by atoms with Crippen molar-refractivity contribution in [1.29, 1.82) is 0 Å². The second kappa shape index (κ2) is 30.0. The summed E-state index contributed by atoms with van der Waals surface area (Å²) in [5, 5.41) is 0. The number of hydrogen-bond donors (Lipinski definition) is 0. The molecule has 0 aromatic heterocycles. The summed E-state index contributed by atoms with van der Waals surface area (Å²) in [5.74, 6) is -0.0207. The summed E-state index contributed by atoms with van der Waals surface area (Å²) in [5.41, 5.74) is 9.22. The number of rotatable bonds is 7. The third kappa shape index (κ3) is 15.2. The van der Waals surface area contributed by atoms with Crippen molar-refractivity contribution in [2.75, 3.05) is 153 Å². The zero-order chi connectivity index (χ0) is 69.1. The molecule has 0 unspecified atom stereocenters. The molecule has 10 aliphatic heterocycles. The highest BCUT2D eigenvalue weighted by molar-refractivity contribution is 5.99. The number of allylic oxidation sites excluding steroid dienone is 2. The number of fused-ring (bicyclic) bond motifs is 6. The van der Waals surface area contributed by atoms with Crippen molar-refractivity contribution in [3.05, 3.63) is 94.8 Å². The van der Waals surface area contributed by atoms with E-state index in [1.807, 2.05) is 27.7 Å². The van der Waals surface area contributed by atoms with Crippen molar-refractivity contribution in [3.8, 4) is 0 Å². The van der Waals surface area contributed by atoms with Crippen molar-refractivity contribution in [1.82, 2.24) is 34.3 Å². The number of urea groups is 1. The maximum absolute atomic E-state index is 14.1. The van der Waals surface area contributed by atoms with E-state index in [2.05, 4.69) is 66.8 Å². The first-order chi connectivity index (χ1) is 47.1. The van der Waals surface area contributed by atoms with Crippen molar-refractivity contribution in [2.24, 2.45) is 0 Å². The van der Waals surface area contributed by atoms with Crippen LogP contribution in [0.5, 0.6) is 0 Å². The molecule has 0 radical (unpaired) electrons. The number of hydrogen-bond acceptors (Lipinski definition) is 13. The van der Waals surface area contributed by atoms with Gasteiger partial charge in [0.05, 0.1) is 25.5 Å². The van der Waals surface area contributed by atoms with Crippen LogP contribution in [0.3, 0.4) is 0 Å². The van der Waals surface area contributed by atoms with Gasteiger partial charge in [-0.15, -0.1) is 0 Å². The molecule has 3 aromatic rings. The first kappa shape index (κ1) is 70.8. The summed E-state index contributed by atoms with van der Waals surface area (Å²) in [4.78, 5) is 93.9. The molecule has 24 heteroatoms. The maximum Gasteiger partial charge on any atom is 0.422 e. The van der Waals surface area contributed by atoms with Gasteiger partial charge in [-0.3, -0.25) is 14.5 Å². The predicted molar refractivity (Wildman–Crippen MR) is 365 cm³/mol. The number of piperidine rings is 6. The first-order valence-electron chi connectivity index (χ1n) is 36.0. The molecule has 3 aromatic carbocycles. The van der Waals surface area contributed by atoms with E-state index in [9.17, 15) is 46.3 Å². The zero-order valence-electron chi connectivity index (χ0n) is 58.0. The number of anilines is 3. The fourth-order valence-corrected chi connectivity index (χ4v) is 17.9. The number of halogens is 4. The number of nitrogens with zero attached hydrogens (tertiary/aromatic N) is 10. The lowest BCUT2D eigenvalue weighted by molar-refractivity contribution is -0.162. The fourth-order valence-electron chi connectivity index (χ4n) is 17.9. The smallest absolute Gasteiger partial charge is 0.422 e. The number of ether oxygens (including phenoxy) is 4. The van der Waals surface area contributed by atoms with Crippen LogP contribution in [0.4, 0.5) is 53.8 Å². The minimum Gasteiger partial charge on any atom is -0.450 e. The highest BCUT2D eigenvalue weighted by atomic mass is 19.4. The van der Waals surface area contributed by atoms with Crippen molar-refractivity contribution >= 4 is 58.8 Å². The Hall–Kier alpha value is -7.02. The van der Waals surface area contributed by atoms with Crippen LogP contribution < -0.4 is 14.7 Å². The van der Waals surface area contributed by atoms with E-state index in [1.54, 1.807) is 45.0 Å². The van der Waals surface area contributed by atoms with Gasteiger partial charge in [-0.2, -0.15) is 13.2 Å². The molecule has 3 spiro atoms. The Morgan fingerprint density at radius 2 is 1.06 bits per heavy atom. The highest BCUT2D eigenvalue weighted by Gasteiger charge is 2.51. The standard InChI is InChI=1S/C27H37N3O3.C24H33N3O4.C23H30F4N4O3/c1-3-33-26(32)29-15-11-22(12-16-29)28-17-13-27(14-18-28)19-30(20(2)31)25-23(9-6-10-24(25)27)21-7-4-5-8-21;1-18(28)27-17-24(21-4-2-3-5-22(21)27)9-13-25(14-10-24)19-6-11-26(12-7-19)23(29)31-20-8-15-30-16-20;1-28(2)20(32)31-14-22(18-13-16(24)3-4-19(18)31)7-11-29(12-8-22)17-5-9-30(10-6-17)21(33)34-15-23(25,26)27/h6-7,9-10,22H,3-5,8,11-19H2,1-2H3;2-5,19-20H,6-17H2,1H3;3-4,13,17H,5-12,14-15H2,1-2H3/t;20-;/m.1./s1. The van der Waals surface area contributed by atoms with Gasteiger partial charge in [-0.1, -0.05) is 42.5 Å². The van der Waals surface area contributed by atoms with E-state index in [0.717, 1.165) is 179 Å². The Balaban J connectivity index is 0.000000140. The molecule has 0 saturated carbocycles. The van der Waals surface area contributed by atoms with Crippen LogP contribution in [0.25, 0.3) is 5.57 Å². The molecular weight excluding hydrogens is 1260 g/mol. The van der Waals surface area contributed by atoms with Gasteiger partial charge in [-0.05, 0) is 189 Å². The SMILES string of the molecule is CC(=O)N1CC2(CCN(C3CCN(C(=O)O[C@@H]4CCOC4)CC3)CC2)c2ccccc21.CCOC(=O)N1CCC(N2CCC3(CC2)CN(C(C)=O)c2c(C4=CCCC4)cccc23)CC1.CN(C)C(=O)N1CC2(CCN(C3CCN(C(=O)OCC(F)(F)F)CC3)CC2)c2cc(F)ccc21. The molecule has 7 saturated heterocycles. The summed E-state index contributed by atoms with van der Waals surface area (Å²) < 4.78 is 71.4. The first-order valence-corrected chi connectivity index (χ1v) is 36.0. The molecule has 1 atom stereocenters. The molecule has 0 N–H and O–H groups in total. The Bertz CT molecular complexity index is 3390. The zero-order valence-corrected chi connectivity index (χ0v) is 58.0. The number of para-hydroxylation sites is 2. The van der Waals surface area contributed by atoms with Crippen molar-refractivity contribution in [2.45, 2.75) is 170 Å². The summed E-state index contributed by atoms with van der Waals surface area (Å²) in [6, 6.07) is 20.9. The van der Waals surface area contributed by atoms with E-state index in [4.69, 9.17) is 14.2 Å². The van der Waals surface area contributed by atoms with Gasteiger partial charge in [0.15, 0.2) is 6.61 Å². The van der Waals surface area contributed by atoms with Gasteiger partial charge >= 0.3 is 30.5 Å². The minimum atomic E-state index is -4.54. The van der Waals surface area contributed by atoms with Gasteiger partial charge < -0.3 is 63.0 Å². The third-order valence-electron chi connectivity index (χ3n) is 23.4. The van der Waals surface area contributed by atoms with Crippen LogP contribution in [0.2, 0.25) is 0 Å². The number of carbonyl (C=O) groups excluding carboxylic acids is 6. The Kier molecular flexibility index (Phi) is 21.7. The average molecular weight is 1370 g/mol. The Morgan fingerprint density at radius 1 is 0.571 bits per heavy atom. The minimum absolute atomic E-state index is 0.0678. The lowest BCUT2D eigenvalue weighted by atomic mass is 9.73. The molecule has 10 heterocycles. The average Bonchev–Trinajstić information content (AvgIpc) is 1.59. The maximum atomic E-state index is 14.1. The van der Waals surface area contributed by atoms with Gasteiger partial charge in [0.2, 0.25) is 11.8 Å². The predicted octanol–water partition coefficient (Wildman–Crippen LogP) is 11.2. The second-order valence-corrected chi connectivity index (χ2v) is 29.3. The van der Waals surface area contributed by atoms with Crippen LogP contribution in [-0.4, -0.2) is 240 Å². The van der Waals surface area contributed by atoms with E-state index < -0.39 is 18.9 Å². The Morgan fingerprint density at radius 3 is 1.56 bits per heavy atom. The lowest BCUT2D eigenvalue weighted by Gasteiger charge is -2.45. The van der Waals surface area contributed by atoms with Crippen LogP contribution in [0.15, 0.2) is 66.7 Å². The van der Waals surface area contributed by atoms with Crippen molar-refractivity contribution < 1.29 is 65.3 Å². The van der Waals surface area contributed by atoms with Gasteiger partial charge in [0, 0.05) is 145 Å². The second-order valence-electron chi connectivity index (χ2n) is 29.3. The summed E-state index contributed by atoms with van der Waals surface area (Å²) in [6.07, 6.45) is 12.0. The molecule has 0 bridgehead atoms. The molecule has 11 aliphatic rings. The van der Waals surface area contributed by atoms with E-state index >= 15 is 0 Å². The van der Waals surface area contributed by atoms with Gasteiger partial charge in [-0.25, -0.2) is 23.6 Å². The summed E-state index contributed by atoms with van der Waals surface area (Å²) in [6.45, 7) is 17.0. The van der Waals surface area contributed by atoms with E-state index in [-0.39, 0.29) is 64.2 Å². The topological polar surface area (TPSA) is 172 Å². The van der Waals surface area contributed by atoms with E-state index in [1.165, 1.54) is 50.2 Å². The van der Waals surface area contributed by atoms with Crippen LogP contribution in [-0.2, 0) is 44.8 Å². The highest BCUT2D eigenvalue weighted by Crippen LogP contribution is 2.53.